The fraction of sp³-hybridized carbons (Fsp3) is 0.158. The van der Waals surface area contributed by atoms with Crippen LogP contribution in [0.15, 0.2) is 66.4 Å². The Kier molecular flexibility index (Phi) is 4.61. The maximum Gasteiger partial charge on any atom is 0.281 e. The maximum absolute atomic E-state index is 12.4. The van der Waals surface area contributed by atoms with Crippen molar-refractivity contribution in [3.05, 3.63) is 71.9 Å². The first-order chi connectivity index (χ1) is 11.7. The van der Waals surface area contributed by atoms with E-state index in [2.05, 4.69) is 5.32 Å². The predicted octanol–water partition coefficient (Wildman–Crippen LogP) is 2.28. The van der Waals surface area contributed by atoms with Crippen LogP contribution in [0.4, 0.5) is 5.69 Å². The van der Waals surface area contributed by atoms with Crippen molar-refractivity contribution < 1.29 is 14.3 Å². The van der Waals surface area contributed by atoms with Gasteiger partial charge < -0.3 is 10.1 Å². The number of para-hydroxylation sites is 1. The van der Waals surface area contributed by atoms with Crippen LogP contribution in [0.3, 0.4) is 0 Å². The quantitative estimate of drug-likeness (QED) is 0.829. The number of hydrogen-bond donors (Lipinski definition) is 1. The molecule has 0 unspecified atom stereocenters. The van der Waals surface area contributed by atoms with Crippen molar-refractivity contribution in [3.63, 3.8) is 0 Å². The van der Waals surface area contributed by atoms with E-state index in [-0.39, 0.29) is 11.8 Å². The summed E-state index contributed by atoms with van der Waals surface area (Å²) < 4.78 is 5.12. The van der Waals surface area contributed by atoms with Gasteiger partial charge in [-0.15, -0.1) is 0 Å². The molecule has 0 bridgehead atoms. The summed E-state index contributed by atoms with van der Waals surface area (Å²) in [6.45, 7) is 0.569. The highest BCUT2D eigenvalue weighted by Gasteiger charge is 2.31. The summed E-state index contributed by atoms with van der Waals surface area (Å²) in [5.41, 5.74) is 2.04. The van der Waals surface area contributed by atoms with Crippen LogP contribution in [0.25, 0.3) is 0 Å². The average Bonchev–Trinajstić information content (AvgIpc) is 2.90. The Morgan fingerprint density at radius 2 is 1.71 bits per heavy atom. The summed E-state index contributed by atoms with van der Waals surface area (Å²) >= 11 is 0. The molecule has 0 saturated heterocycles. The Hall–Kier alpha value is -3.08. The fourth-order valence-corrected chi connectivity index (χ4v) is 2.55. The molecule has 5 heteroatoms. The molecule has 3 rings (SSSR count). The van der Waals surface area contributed by atoms with E-state index in [9.17, 15) is 9.59 Å². The molecule has 0 aromatic heterocycles. The monoisotopic (exact) mass is 322 g/mol. The molecular weight excluding hydrogens is 304 g/mol. The molecule has 0 aliphatic carbocycles. The first kappa shape index (κ1) is 15.8. The molecule has 0 saturated carbocycles. The summed E-state index contributed by atoms with van der Waals surface area (Å²) in [6, 6.07) is 16.7. The Bertz CT molecular complexity index is 767. The van der Waals surface area contributed by atoms with E-state index in [0.717, 1.165) is 17.7 Å². The van der Waals surface area contributed by atoms with Gasteiger partial charge in [-0.05, 0) is 36.2 Å². The van der Waals surface area contributed by atoms with E-state index in [1.54, 1.807) is 31.4 Å². The molecule has 1 N–H and O–H groups in total. The average molecular weight is 322 g/mol. The number of benzene rings is 2. The Balaban J connectivity index is 1.59. The van der Waals surface area contributed by atoms with Gasteiger partial charge in [0.2, 0.25) is 0 Å². The summed E-state index contributed by atoms with van der Waals surface area (Å²) in [6.07, 6.45) is 2.09. The number of nitrogens with one attached hydrogen (secondary N) is 1. The van der Waals surface area contributed by atoms with Gasteiger partial charge in [0.05, 0.1) is 12.8 Å². The number of ether oxygens (including phenoxy) is 1. The lowest BCUT2D eigenvalue weighted by atomic mass is 10.1. The standard InChI is InChI=1S/C19H18N2O3/c1-24-16-9-7-14(8-10-16)11-12-20-17-13-18(22)21(19(17)23)15-5-3-2-4-6-15/h2-10,13,20H,11-12H2,1H3. The molecule has 1 aliphatic rings. The number of hydrogen-bond acceptors (Lipinski definition) is 4. The normalized spacial score (nSPS) is 13.9. The molecule has 0 radical (unpaired) electrons. The molecule has 1 aliphatic heterocycles. The van der Waals surface area contributed by atoms with Crippen LogP contribution >= 0.6 is 0 Å². The van der Waals surface area contributed by atoms with Crippen molar-refractivity contribution in [2.75, 3.05) is 18.6 Å². The summed E-state index contributed by atoms with van der Waals surface area (Å²) in [7, 11) is 1.63. The van der Waals surface area contributed by atoms with Crippen molar-refractivity contribution in [1.29, 1.82) is 0 Å². The van der Waals surface area contributed by atoms with Crippen LogP contribution < -0.4 is 15.0 Å². The second kappa shape index (κ2) is 7.00. The molecule has 2 aromatic carbocycles. The van der Waals surface area contributed by atoms with Gasteiger partial charge in [-0.3, -0.25) is 9.59 Å². The minimum Gasteiger partial charge on any atom is -0.497 e. The highest BCUT2D eigenvalue weighted by molar-refractivity contribution is 6.30. The van der Waals surface area contributed by atoms with Crippen LogP contribution in [-0.2, 0) is 16.0 Å². The van der Waals surface area contributed by atoms with Crippen LogP contribution in [-0.4, -0.2) is 25.5 Å². The molecule has 2 amide bonds. The molecular formula is C19H18N2O3. The van der Waals surface area contributed by atoms with Crippen molar-refractivity contribution in [3.8, 4) is 5.75 Å². The Morgan fingerprint density at radius 3 is 2.38 bits per heavy atom. The third kappa shape index (κ3) is 3.30. The SMILES string of the molecule is COc1ccc(CCNC2=CC(=O)N(c3ccccc3)C2=O)cc1. The fourth-order valence-electron chi connectivity index (χ4n) is 2.55. The van der Waals surface area contributed by atoms with Gasteiger partial charge in [0.15, 0.2) is 0 Å². The molecule has 24 heavy (non-hydrogen) atoms. The van der Waals surface area contributed by atoms with Gasteiger partial charge in [0, 0.05) is 12.6 Å². The van der Waals surface area contributed by atoms with Gasteiger partial charge in [-0.25, -0.2) is 4.90 Å². The van der Waals surface area contributed by atoms with Crippen LogP contribution in [0.2, 0.25) is 0 Å². The molecule has 2 aromatic rings. The van der Waals surface area contributed by atoms with Crippen molar-refractivity contribution in [1.82, 2.24) is 5.32 Å². The zero-order chi connectivity index (χ0) is 16.9. The number of anilines is 1. The van der Waals surface area contributed by atoms with Crippen molar-refractivity contribution in [2.24, 2.45) is 0 Å². The number of imide groups is 1. The van der Waals surface area contributed by atoms with Gasteiger partial charge in [-0.2, -0.15) is 0 Å². The van der Waals surface area contributed by atoms with Gasteiger partial charge in [-0.1, -0.05) is 30.3 Å². The van der Waals surface area contributed by atoms with Crippen molar-refractivity contribution >= 4 is 17.5 Å². The minimum absolute atomic E-state index is 0.319. The Labute approximate surface area is 140 Å². The van der Waals surface area contributed by atoms with E-state index >= 15 is 0 Å². The second-order valence-corrected chi connectivity index (χ2v) is 5.40. The van der Waals surface area contributed by atoms with E-state index in [1.807, 2.05) is 30.3 Å². The van der Waals surface area contributed by atoms with Crippen LogP contribution in [0.5, 0.6) is 5.75 Å². The molecule has 0 atom stereocenters. The third-order valence-electron chi connectivity index (χ3n) is 3.82. The lowest BCUT2D eigenvalue weighted by molar-refractivity contribution is -0.120. The lowest BCUT2D eigenvalue weighted by Gasteiger charge is -2.15. The first-order valence-electron chi connectivity index (χ1n) is 7.71. The molecule has 0 spiro atoms. The third-order valence-corrected chi connectivity index (χ3v) is 3.82. The van der Waals surface area contributed by atoms with Crippen molar-refractivity contribution in [2.45, 2.75) is 6.42 Å². The highest BCUT2D eigenvalue weighted by atomic mass is 16.5. The number of rotatable bonds is 6. The minimum atomic E-state index is -0.321. The number of amides is 2. The number of carbonyl (C=O) groups excluding carboxylic acids is 2. The summed E-state index contributed by atoms with van der Waals surface area (Å²) in [5.74, 6) is 0.170. The zero-order valence-corrected chi connectivity index (χ0v) is 13.4. The molecule has 1 heterocycles. The topological polar surface area (TPSA) is 58.6 Å². The van der Waals surface area contributed by atoms with Gasteiger partial charge >= 0.3 is 0 Å². The smallest absolute Gasteiger partial charge is 0.281 e. The summed E-state index contributed by atoms with van der Waals surface area (Å²) in [5, 5.41) is 3.06. The lowest BCUT2D eigenvalue weighted by Crippen LogP contribution is -2.33. The van der Waals surface area contributed by atoms with E-state index < -0.39 is 0 Å². The number of carbonyl (C=O) groups is 2. The molecule has 0 fully saturated rings. The number of nitrogens with zero attached hydrogens (tertiary/aromatic N) is 1. The van der Waals surface area contributed by atoms with Crippen LogP contribution in [0.1, 0.15) is 5.56 Å². The predicted molar refractivity (Wildman–Crippen MR) is 91.7 cm³/mol. The number of methoxy groups -OCH3 is 1. The first-order valence-corrected chi connectivity index (χ1v) is 7.71. The van der Waals surface area contributed by atoms with E-state index in [4.69, 9.17) is 4.74 Å². The van der Waals surface area contributed by atoms with E-state index in [1.165, 1.54) is 11.0 Å². The van der Waals surface area contributed by atoms with Crippen LogP contribution in [0, 0.1) is 0 Å². The largest absolute Gasteiger partial charge is 0.497 e. The Morgan fingerprint density at radius 1 is 1.00 bits per heavy atom. The highest BCUT2D eigenvalue weighted by Crippen LogP contribution is 2.20. The molecule has 122 valence electrons. The second-order valence-electron chi connectivity index (χ2n) is 5.40. The van der Waals surface area contributed by atoms with Gasteiger partial charge in [0.25, 0.3) is 11.8 Å². The van der Waals surface area contributed by atoms with Gasteiger partial charge in [0.1, 0.15) is 11.4 Å². The van der Waals surface area contributed by atoms with E-state index in [0.29, 0.717) is 17.9 Å². The zero-order valence-electron chi connectivity index (χ0n) is 13.4. The summed E-state index contributed by atoms with van der Waals surface area (Å²) in [4.78, 5) is 25.7. The maximum atomic E-state index is 12.4. The molecule has 5 nitrogen and oxygen atoms in total.